The summed E-state index contributed by atoms with van der Waals surface area (Å²) in [5.41, 5.74) is 1.31. The van der Waals surface area contributed by atoms with Gasteiger partial charge in [-0.3, -0.25) is 4.79 Å². The third-order valence-electron chi connectivity index (χ3n) is 4.71. The lowest BCUT2D eigenvalue weighted by Crippen LogP contribution is -2.62. The number of hydrogen-bond acceptors (Lipinski definition) is 3. The Balaban J connectivity index is 1.93. The lowest BCUT2D eigenvalue weighted by atomic mass is 9.79. The Bertz CT molecular complexity index is 646. The van der Waals surface area contributed by atoms with E-state index in [0.29, 0.717) is 5.75 Å². The third-order valence-corrected chi connectivity index (χ3v) is 5.33. The van der Waals surface area contributed by atoms with Crippen LogP contribution in [-0.2, 0) is 10.2 Å². The Labute approximate surface area is 166 Å². The number of halogens is 1. The molecule has 0 saturated carbocycles. The van der Waals surface area contributed by atoms with Crippen LogP contribution in [0.1, 0.15) is 66.9 Å². The molecule has 26 heavy (non-hydrogen) atoms. The first-order valence-corrected chi connectivity index (χ1v) is 10.1. The topological polar surface area (TPSA) is 50.4 Å². The lowest BCUT2D eigenvalue weighted by Gasteiger charge is -2.46. The van der Waals surface area contributed by atoms with Crippen LogP contribution >= 0.6 is 15.9 Å². The summed E-state index contributed by atoms with van der Waals surface area (Å²) < 4.78 is 6.61. The summed E-state index contributed by atoms with van der Waals surface area (Å²) >= 11 is 3.55. The van der Waals surface area contributed by atoms with E-state index < -0.39 is 0 Å². The highest BCUT2D eigenvalue weighted by Crippen LogP contribution is 2.32. The number of nitrogens with one attached hydrogen (secondary N) is 2. The van der Waals surface area contributed by atoms with E-state index in [9.17, 15) is 4.79 Å². The molecule has 1 fully saturated rings. The molecule has 5 heteroatoms. The van der Waals surface area contributed by atoms with Gasteiger partial charge in [0.15, 0.2) is 6.61 Å². The SMILES string of the molecule is CC1(C)CC(NC(=O)COc2ccc(C(C)(C)C)cc2Br)CC(C)(C)N1. The molecule has 0 unspecified atom stereocenters. The molecule has 0 aliphatic carbocycles. The molecule has 0 spiro atoms. The van der Waals surface area contributed by atoms with Gasteiger partial charge in [0, 0.05) is 17.1 Å². The molecule has 1 heterocycles. The predicted molar refractivity (Wildman–Crippen MR) is 111 cm³/mol. The van der Waals surface area contributed by atoms with Gasteiger partial charge in [0.25, 0.3) is 5.91 Å². The Kier molecular flexibility index (Phi) is 6.13. The molecule has 1 aliphatic heterocycles. The smallest absolute Gasteiger partial charge is 0.258 e. The number of rotatable bonds is 4. The minimum Gasteiger partial charge on any atom is -0.483 e. The number of carbonyl (C=O) groups excluding carboxylic acids is 1. The summed E-state index contributed by atoms with van der Waals surface area (Å²) in [5, 5.41) is 6.77. The van der Waals surface area contributed by atoms with Crippen molar-refractivity contribution in [2.75, 3.05) is 6.61 Å². The van der Waals surface area contributed by atoms with Crippen LogP contribution in [0.4, 0.5) is 0 Å². The normalized spacial score (nSPS) is 19.8. The van der Waals surface area contributed by atoms with E-state index >= 15 is 0 Å². The van der Waals surface area contributed by atoms with Crippen LogP contribution in [-0.4, -0.2) is 29.6 Å². The lowest BCUT2D eigenvalue weighted by molar-refractivity contribution is -0.124. The third kappa shape index (κ3) is 5.98. The molecule has 1 aliphatic rings. The van der Waals surface area contributed by atoms with Crippen molar-refractivity contribution in [1.29, 1.82) is 0 Å². The minimum absolute atomic E-state index is 0.00632. The van der Waals surface area contributed by atoms with Crippen molar-refractivity contribution in [3.05, 3.63) is 28.2 Å². The maximum absolute atomic E-state index is 12.4. The van der Waals surface area contributed by atoms with E-state index in [2.05, 4.69) is 87.2 Å². The fourth-order valence-corrected chi connectivity index (χ4v) is 4.41. The average molecular weight is 425 g/mol. The Hall–Kier alpha value is -1.07. The predicted octanol–water partition coefficient (Wildman–Crippen LogP) is 4.55. The zero-order chi connectivity index (χ0) is 19.8. The number of benzene rings is 1. The zero-order valence-corrected chi connectivity index (χ0v) is 18.7. The van der Waals surface area contributed by atoms with E-state index in [1.54, 1.807) is 0 Å². The van der Waals surface area contributed by atoms with Gasteiger partial charge < -0.3 is 15.4 Å². The molecule has 1 saturated heterocycles. The van der Waals surface area contributed by atoms with E-state index in [4.69, 9.17) is 4.74 Å². The van der Waals surface area contributed by atoms with Gasteiger partial charge in [-0.15, -0.1) is 0 Å². The van der Waals surface area contributed by atoms with Crippen molar-refractivity contribution in [3.8, 4) is 5.75 Å². The van der Waals surface area contributed by atoms with Crippen molar-refractivity contribution < 1.29 is 9.53 Å². The van der Waals surface area contributed by atoms with Crippen LogP contribution in [0.15, 0.2) is 22.7 Å². The van der Waals surface area contributed by atoms with Gasteiger partial charge in [0.1, 0.15) is 5.75 Å². The number of hydrogen-bond donors (Lipinski definition) is 2. The second-order valence-electron chi connectivity index (χ2n) is 9.75. The maximum atomic E-state index is 12.4. The summed E-state index contributed by atoms with van der Waals surface area (Å²) in [5.74, 6) is 0.620. The summed E-state index contributed by atoms with van der Waals surface area (Å²) in [7, 11) is 0. The second kappa shape index (κ2) is 7.51. The number of amides is 1. The van der Waals surface area contributed by atoms with Crippen molar-refractivity contribution in [2.45, 2.75) is 83.8 Å². The zero-order valence-electron chi connectivity index (χ0n) is 17.1. The first kappa shape index (κ1) is 21.2. The first-order chi connectivity index (χ1) is 11.8. The number of piperidine rings is 1. The van der Waals surface area contributed by atoms with Gasteiger partial charge >= 0.3 is 0 Å². The molecule has 2 N–H and O–H groups in total. The van der Waals surface area contributed by atoms with Crippen LogP contribution in [0.3, 0.4) is 0 Å². The highest BCUT2D eigenvalue weighted by molar-refractivity contribution is 9.10. The van der Waals surface area contributed by atoms with Gasteiger partial charge in [-0.1, -0.05) is 26.8 Å². The van der Waals surface area contributed by atoms with Crippen LogP contribution in [0.2, 0.25) is 0 Å². The Morgan fingerprint density at radius 1 is 1.23 bits per heavy atom. The van der Waals surface area contributed by atoms with Crippen LogP contribution < -0.4 is 15.4 Å². The Morgan fingerprint density at radius 3 is 2.31 bits per heavy atom. The van der Waals surface area contributed by atoms with Gasteiger partial charge in [-0.05, 0) is 79.6 Å². The fraction of sp³-hybridized carbons (Fsp3) is 0.667. The molecule has 146 valence electrons. The highest BCUT2D eigenvalue weighted by Gasteiger charge is 2.38. The van der Waals surface area contributed by atoms with Crippen molar-refractivity contribution in [2.24, 2.45) is 0 Å². The largest absolute Gasteiger partial charge is 0.483 e. The van der Waals surface area contributed by atoms with Crippen molar-refractivity contribution in [1.82, 2.24) is 10.6 Å². The van der Waals surface area contributed by atoms with Crippen molar-refractivity contribution >= 4 is 21.8 Å². The summed E-state index contributed by atoms with van der Waals surface area (Å²) in [6, 6.07) is 6.19. The first-order valence-electron chi connectivity index (χ1n) is 9.29. The standard InChI is InChI=1S/C21H33BrN2O2/c1-19(2,3)14-8-9-17(16(22)10-14)26-13-18(25)23-15-11-20(4,5)24-21(6,7)12-15/h8-10,15,24H,11-13H2,1-7H3,(H,23,25). The molecule has 1 amide bonds. The van der Waals surface area contributed by atoms with E-state index in [1.165, 1.54) is 5.56 Å². The molecule has 4 nitrogen and oxygen atoms in total. The molecule has 0 bridgehead atoms. The highest BCUT2D eigenvalue weighted by atomic mass is 79.9. The Morgan fingerprint density at radius 2 is 1.81 bits per heavy atom. The van der Waals surface area contributed by atoms with Gasteiger partial charge in [-0.25, -0.2) is 0 Å². The molecule has 1 aromatic carbocycles. The number of ether oxygens (including phenoxy) is 1. The van der Waals surface area contributed by atoms with E-state index in [-0.39, 0.29) is 35.0 Å². The fourth-order valence-electron chi connectivity index (χ4n) is 3.92. The van der Waals surface area contributed by atoms with Crippen LogP contribution in [0.25, 0.3) is 0 Å². The summed E-state index contributed by atoms with van der Waals surface area (Å²) in [4.78, 5) is 12.4. The van der Waals surface area contributed by atoms with Gasteiger partial charge in [0.05, 0.1) is 4.47 Å². The van der Waals surface area contributed by atoms with Crippen molar-refractivity contribution in [3.63, 3.8) is 0 Å². The monoisotopic (exact) mass is 424 g/mol. The van der Waals surface area contributed by atoms with Crippen LogP contribution in [0.5, 0.6) is 5.75 Å². The molecular formula is C21H33BrN2O2. The van der Waals surface area contributed by atoms with Gasteiger partial charge in [-0.2, -0.15) is 0 Å². The summed E-state index contributed by atoms with van der Waals surface area (Å²) in [6.45, 7) is 15.3. The molecule has 1 aromatic rings. The molecule has 0 atom stereocenters. The quantitative estimate of drug-likeness (QED) is 0.744. The summed E-state index contributed by atoms with van der Waals surface area (Å²) in [6.07, 6.45) is 1.82. The van der Waals surface area contributed by atoms with E-state index in [0.717, 1.165) is 17.3 Å². The molecule has 0 radical (unpaired) electrons. The number of carbonyl (C=O) groups is 1. The molecule has 0 aromatic heterocycles. The van der Waals surface area contributed by atoms with Crippen LogP contribution in [0, 0.1) is 0 Å². The van der Waals surface area contributed by atoms with E-state index in [1.807, 2.05) is 6.07 Å². The van der Waals surface area contributed by atoms with Gasteiger partial charge in [0.2, 0.25) is 0 Å². The molecule has 2 rings (SSSR count). The second-order valence-corrected chi connectivity index (χ2v) is 10.6. The minimum atomic E-state index is -0.0738. The maximum Gasteiger partial charge on any atom is 0.258 e. The molecular weight excluding hydrogens is 392 g/mol. The average Bonchev–Trinajstić information content (AvgIpc) is 2.41.